The van der Waals surface area contributed by atoms with Gasteiger partial charge in [0.05, 0.1) is 0 Å². The Bertz CT molecular complexity index is 343. The molecule has 1 fully saturated rings. The number of hydrogen-bond acceptors (Lipinski definition) is 1. The average molecular weight is 211 g/mol. The average Bonchev–Trinajstić information content (AvgIpc) is 2.23. The quantitative estimate of drug-likeness (QED) is 0.759. The molecule has 0 atom stereocenters. The normalized spacial score (nSPS) is 31.5. The van der Waals surface area contributed by atoms with E-state index in [4.69, 9.17) is 5.73 Å². The molecule has 0 amide bonds. The Morgan fingerprint density at radius 3 is 2.40 bits per heavy atom. The van der Waals surface area contributed by atoms with Gasteiger partial charge in [-0.3, -0.25) is 0 Å². The molecule has 0 aliphatic heterocycles. The molecular formula is C12H15F2N. The largest absolute Gasteiger partial charge is 0.328 e. The number of alkyl halides is 1. The van der Waals surface area contributed by atoms with Crippen LogP contribution < -0.4 is 5.73 Å². The topological polar surface area (TPSA) is 26.0 Å². The summed E-state index contributed by atoms with van der Waals surface area (Å²) in [5.41, 5.74) is 4.39. The van der Waals surface area contributed by atoms with Gasteiger partial charge in [0.1, 0.15) is 11.5 Å². The Labute approximate surface area is 88.3 Å². The van der Waals surface area contributed by atoms with Gasteiger partial charge in [-0.2, -0.15) is 0 Å². The summed E-state index contributed by atoms with van der Waals surface area (Å²) in [6, 6.07) is 6.17. The van der Waals surface area contributed by atoms with Crippen molar-refractivity contribution in [2.24, 2.45) is 5.73 Å². The highest BCUT2D eigenvalue weighted by molar-refractivity contribution is 5.25. The molecule has 0 heterocycles. The molecule has 3 heteroatoms. The van der Waals surface area contributed by atoms with Gasteiger partial charge in [-0.05, 0) is 31.7 Å². The van der Waals surface area contributed by atoms with Crippen LogP contribution >= 0.6 is 0 Å². The molecule has 0 spiro atoms. The molecule has 2 rings (SSSR count). The van der Waals surface area contributed by atoms with Crippen LogP contribution in [0.1, 0.15) is 31.2 Å². The lowest BCUT2D eigenvalue weighted by Gasteiger charge is -2.32. The third-order valence-electron chi connectivity index (χ3n) is 3.18. The Kier molecular flexibility index (Phi) is 2.74. The van der Waals surface area contributed by atoms with E-state index in [0.717, 1.165) is 0 Å². The SMILES string of the molecule is NC1CCC(F)(c2ccccc2F)CC1. The second-order valence-corrected chi connectivity index (χ2v) is 4.28. The van der Waals surface area contributed by atoms with Crippen LogP contribution in [0.5, 0.6) is 0 Å². The van der Waals surface area contributed by atoms with Crippen molar-refractivity contribution in [2.45, 2.75) is 37.4 Å². The summed E-state index contributed by atoms with van der Waals surface area (Å²) in [4.78, 5) is 0. The maximum absolute atomic E-state index is 14.4. The molecule has 0 bridgehead atoms. The van der Waals surface area contributed by atoms with Crippen LogP contribution in [0.2, 0.25) is 0 Å². The van der Waals surface area contributed by atoms with Crippen molar-refractivity contribution < 1.29 is 8.78 Å². The van der Waals surface area contributed by atoms with Crippen molar-refractivity contribution >= 4 is 0 Å². The Balaban J connectivity index is 2.26. The zero-order chi connectivity index (χ0) is 10.9. The molecule has 1 aromatic carbocycles. The minimum absolute atomic E-state index is 0.0700. The van der Waals surface area contributed by atoms with Crippen molar-refractivity contribution in [2.75, 3.05) is 0 Å². The van der Waals surface area contributed by atoms with Crippen LogP contribution in [-0.2, 0) is 5.67 Å². The van der Waals surface area contributed by atoms with Gasteiger partial charge < -0.3 is 5.73 Å². The zero-order valence-electron chi connectivity index (χ0n) is 8.55. The second-order valence-electron chi connectivity index (χ2n) is 4.28. The molecule has 1 nitrogen and oxygen atoms in total. The summed E-state index contributed by atoms with van der Waals surface area (Å²) in [6.07, 6.45) is 1.92. The zero-order valence-corrected chi connectivity index (χ0v) is 8.55. The van der Waals surface area contributed by atoms with Gasteiger partial charge in [-0.1, -0.05) is 18.2 Å². The predicted molar refractivity (Wildman–Crippen MR) is 55.6 cm³/mol. The standard InChI is InChI=1S/C12H15F2N/c13-11-4-2-1-3-10(11)12(14)7-5-9(15)6-8-12/h1-4,9H,5-8,15H2. The molecule has 0 saturated heterocycles. The van der Waals surface area contributed by atoms with Gasteiger partial charge in [0.15, 0.2) is 0 Å². The molecule has 1 saturated carbocycles. The summed E-state index contributed by atoms with van der Waals surface area (Å²) in [5, 5.41) is 0. The maximum atomic E-state index is 14.4. The van der Waals surface area contributed by atoms with Crippen LogP contribution in [-0.4, -0.2) is 6.04 Å². The first kappa shape index (κ1) is 10.6. The van der Waals surface area contributed by atoms with Gasteiger partial charge >= 0.3 is 0 Å². The van der Waals surface area contributed by atoms with Gasteiger partial charge in [-0.25, -0.2) is 8.78 Å². The van der Waals surface area contributed by atoms with Crippen molar-refractivity contribution in [3.8, 4) is 0 Å². The lowest BCUT2D eigenvalue weighted by atomic mass is 9.79. The number of benzene rings is 1. The first-order valence-corrected chi connectivity index (χ1v) is 5.31. The summed E-state index contributed by atoms with van der Waals surface area (Å²) in [7, 11) is 0. The first-order valence-electron chi connectivity index (χ1n) is 5.31. The monoisotopic (exact) mass is 211 g/mol. The maximum Gasteiger partial charge on any atom is 0.138 e. The molecule has 0 aromatic heterocycles. The first-order chi connectivity index (χ1) is 7.12. The predicted octanol–water partition coefficient (Wildman–Crippen LogP) is 2.89. The van der Waals surface area contributed by atoms with E-state index in [9.17, 15) is 8.78 Å². The third-order valence-corrected chi connectivity index (χ3v) is 3.18. The lowest BCUT2D eigenvalue weighted by molar-refractivity contribution is 0.0935. The molecule has 15 heavy (non-hydrogen) atoms. The molecule has 0 radical (unpaired) electrons. The van der Waals surface area contributed by atoms with Gasteiger partial charge in [-0.15, -0.1) is 0 Å². The molecule has 1 aromatic rings. The minimum Gasteiger partial charge on any atom is -0.328 e. The fourth-order valence-corrected chi connectivity index (χ4v) is 2.19. The van der Waals surface area contributed by atoms with Crippen LogP contribution in [0.15, 0.2) is 24.3 Å². The van der Waals surface area contributed by atoms with E-state index in [1.165, 1.54) is 12.1 Å². The highest BCUT2D eigenvalue weighted by Crippen LogP contribution is 2.41. The number of halogens is 2. The number of rotatable bonds is 1. The highest BCUT2D eigenvalue weighted by atomic mass is 19.1. The van der Waals surface area contributed by atoms with E-state index in [1.54, 1.807) is 12.1 Å². The molecule has 0 unspecified atom stereocenters. The highest BCUT2D eigenvalue weighted by Gasteiger charge is 2.37. The van der Waals surface area contributed by atoms with E-state index in [1.807, 2.05) is 0 Å². The molecule has 82 valence electrons. The summed E-state index contributed by atoms with van der Waals surface area (Å²) in [5.74, 6) is -0.449. The van der Waals surface area contributed by atoms with Crippen molar-refractivity contribution in [3.63, 3.8) is 0 Å². The van der Waals surface area contributed by atoms with Crippen LogP contribution in [0, 0.1) is 5.82 Å². The molecule has 1 aliphatic carbocycles. The van der Waals surface area contributed by atoms with Gasteiger partial charge in [0.25, 0.3) is 0 Å². The minimum atomic E-state index is -1.51. The van der Waals surface area contributed by atoms with E-state index in [0.29, 0.717) is 25.7 Å². The summed E-state index contributed by atoms with van der Waals surface area (Å²) < 4.78 is 27.9. The Hall–Kier alpha value is -0.960. The van der Waals surface area contributed by atoms with E-state index in [-0.39, 0.29) is 11.6 Å². The van der Waals surface area contributed by atoms with E-state index in [2.05, 4.69) is 0 Å². The second kappa shape index (κ2) is 3.89. The molecule has 2 N–H and O–H groups in total. The number of nitrogens with two attached hydrogens (primary N) is 1. The van der Waals surface area contributed by atoms with E-state index < -0.39 is 11.5 Å². The fraction of sp³-hybridized carbons (Fsp3) is 0.500. The van der Waals surface area contributed by atoms with Crippen molar-refractivity contribution in [1.29, 1.82) is 0 Å². The van der Waals surface area contributed by atoms with Crippen molar-refractivity contribution in [3.05, 3.63) is 35.6 Å². The third kappa shape index (κ3) is 2.02. The summed E-state index contributed by atoms with van der Waals surface area (Å²) >= 11 is 0. The Morgan fingerprint density at radius 2 is 1.80 bits per heavy atom. The van der Waals surface area contributed by atoms with Crippen molar-refractivity contribution in [1.82, 2.24) is 0 Å². The van der Waals surface area contributed by atoms with Crippen LogP contribution in [0.3, 0.4) is 0 Å². The van der Waals surface area contributed by atoms with Gasteiger partial charge in [0.2, 0.25) is 0 Å². The Morgan fingerprint density at radius 1 is 1.20 bits per heavy atom. The van der Waals surface area contributed by atoms with Crippen LogP contribution in [0.4, 0.5) is 8.78 Å². The van der Waals surface area contributed by atoms with Crippen LogP contribution in [0.25, 0.3) is 0 Å². The molecular weight excluding hydrogens is 196 g/mol. The molecule has 1 aliphatic rings. The lowest BCUT2D eigenvalue weighted by Crippen LogP contribution is -2.34. The summed E-state index contributed by atoms with van der Waals surface area (Å²) in [6.45, 7) is 0. The van der Waals surface area contributed by atoms with E-state index >= 15 is 0 Å². The fourth-order valence-electron chi connectivity index (χ4n) is 2.19. The number of hydrogen-bond donors (Lipinski definition) is 1. The van der Waals surface area contributed by atoms with Gasteiger partial charge in [0, 0.05) is 11.6 Å². The smallest absolute Gasteiger partial charge is 0.138 e.